The van der Waals surface area contributed by atoms with E-state index in [0.29, 0.717) is 19.5 Å². The van der Waals surface area contributed by atoms with Gasteiger partial charge in [0.25, 0.3) is 0 Å². The summed E-state index contributed by atoms with van der Waals surface area (Å²) in [6.45, 7) is 6.53. The van der Waals surface area contributed by atoms with Crippen molar-refractivity contribution in [2.24, 2.45) is 5.92 Å². The van der Waals surface area contributed by atoms with Crippen molar-refractivity contribution in [2.45, 2.75) is 40.0 Å². The Balaban J connectivity index is 4.25. The third kappa shape index (κ3) is 5.40. The molecule has 1 N–H and O–H groups in total. The van der Waals surface area contributed by atoms with Crippen LogP contribution in [0, 0.1) is 5.92 Å². The molecule has 0 aliphatic carbocycles. The van der Waals surface area contributed by atoms with Crippen LogP contribution < -0.4 is 0 Å². The van der Waals surface area contributed by atoms with Gasteiger partial charge in [0.1, 0.15) is 0 Å². The molecule has 0 aromatic carbocycles. The van der Waals surface area contributed by atoms with Crippen LogP contribution in [0.3, 0.4) is 0 Å². The quantitative estimate of drug-likeness (QED) is 0.703. The highest BCUT2D eigenvalue weighted by atomic mass is 16.4. The number of nitrogens with zero attached hydrogens (tertiary/aromatic N) is 1. The Labute approximate surface area is 91.3 Å². The van der Waals surface area contributed by atoms with E-state index in [1.54, 1.807) is 11.8 Å². The van der Waals surface area contributed by atoms with E-state index in [1.807, 2.05) is 13.8 Å². The fourth-order valence-electron chi connectivity index (χ4n) is 1.37. The topological polar surface area (TPSA) is 57.6 Å². The van der Waals surface area contributed by atoms with Gasteiger partial charge in [-0.3, -0.25) is 9.59 Å². The van der Waals surface area contributed by atoms with E-state index in [-0.39, 0.29) is 5.91 Å². The van der Waals surface area contributed by atoms with Crippen molar-refractivity contribution in [3.05, 3.63) is 0 Å². The third-order valence-electron chi connectivity index (χ3n) is 2.23. The molecule has 0 aromatic heterocycles. The molecule has 1 amide bonds. The molecule has 0 aliphatic heterocycles. The molecule has 0 aromatic rings. The Morgan fingerprint density at radius 2 is 1.87 bits per heavy atom. The predicted octanol–water partition coefficient (Wildman–Crippen LogP) is 1.75. The minimum absolute atomic E-state index is 0.0625. The van der Waals surface area contributed by atoms with Crippen LogP contribution in [0.25, 0.3) is 0 Å². The van der Waals surface area contributed by atoms with Crippen molar-refractivity contribution in [2.75, 3.05) is 13.1 Å². The standard InChI is InChI=1S/C11H21NO3/c1-4-6-10(13)12(7-5-2)8-9(3)11(14)15/h9H,4-8H2,1-3H3,(H,14,15). The number of amides is 1. The van der Waals surface area contributed by atoms with E-state index in [2.05, 4.69) is 0 Å². The summed E-state index contributed by atoms with van der Waals surface area (Å²) in [4.78, 5) is 24.0. The molecule has 4 nitrogen and oxygen atoms in total. The minimum Gasteiger partial charge on any atom is -0.481 e. The first-order chi connectivity index (χ1) is 7.02. The molecule has 0 heterocycles. The Hall–Kier alpha value is -1.06. The van der Waals surface area contributed by atoms with E-state index in [4.69, 9.17) is 5.11 Å². The normalized spacial score (nSPS) is 12.2. The van der Waals surface area contributed by atoms with Crippen LogP contribution in [0.5, 0.6) is 0 Å². The summed E-state index contributed by atoms with van der Waals surface area (Å²) in [7, 11) is 0. The summed E-state index contributed by atoms with van der Waals surface area (Å²) in [5, 5.41) is 8.77. The summed E-state index contributed by atoms with van der Waals surface area (Å²) in [5.41, 5.74) is 0. The molecule has 0 aliphatic rings. The average Bonchev–Trinajstić information content (AvgIpc) is 2.17. The zero-order valence-electron chi connectivity index (χ0n) is 9.82. The van der Waals surface area contributed by atoms with Gasteiger partial charge in [0.05, 0.1) is 5.92 Å². The monoisotopic (exact) mass is 215 g/mol. The second kappa shape index (κ2) is 7.26. The van der Waals surface area contributed by atoms with Gasteiger partial charge in [-0.1, -0.05) is 20.8 Å². The van der Waals surface area contributed by atoms with Gasteiger partial charge in [-0.15, -0.1) is 0 Å². The Bertz CT molecular complexity index is 216. The van der Waals surface area contributed by atoms with Gasteiger partial charge < -0.3 is 10.0 Å². The highest BCUT2D eigenvalue weighted by molar-refractivity contribution is 5.77. The average molecular weight is 215 g/mol. The Morgan fingerprint density at radius 3 is 2.27 bits per heavy atom. The fourth-order valence-corrected chi connectivity index (χ4v) is 1.37. The first-order valence-electron chi connectivity index (χ1n) is 5.53. The van der Waals surface area contributed by atoms with Crippen molar-refractivity contribution in [1.82, 2.24) is 4.90 Å². The van der Waals surface area contributed by atoms with E-state index < -0.39 is 11.9 Å². The SMILES string of the molecule is CCCC(=O)N(CCC)CC(C)C(=O)O. The molecule has 0 bridgehead atoms. The number of rotatable bonds is 7. The highest BCUT2D eigenvalue weighted by Gasteiger charge is 2.18. The highest BCUT2D eigenvalue weighted by Crippen LogP contribution is 2.05. The Kier molecular flexibility index (Phi) is 6.75. The lowest BCUT2D eigenvalue weighted by molar-refractivity contribution is -0.143. The number of carboxylic acid groups (broad SMARTS) is 1. The zero-order chi connectivity index (χ0) is 11.8. The molecule has 1 unspecified atom stereocenters. The van der Waals surface area contributed by atoms with Crippen molar-refractivity contribution >= 4 is 11.9 Å². The van der Waals surface area contributed by atoms with Gasteiger partial charge in [-0.25, -0.2) is 0 Å². The molecular weight excluding hydrogens is 194 g/mol. The molecule has 15 heavy (non-hydrogen) atoms. The maximum absolute atomic E-state index is 11.6. The van der Waals surface area contributed by atoms with Crippen molar-refractivity contribution < 1.29 is 14.7 Å². The first-order valence-corrected chi connectivity index (χ1v) is 5.53. The lowest BCUT2D eigenvalue weighted by atomic mass is 10.1. The van der Waals surface area contributed by atoms with Crippen LogP contribution in [-0.2, 0) is 9.59 Å². The first kappa shape index (κ1) is 13.9. The number of hydrogen-bond acceptors (Lipinski definition) is 2. The molecule has 4 heteroatoms. The second-order valence-corrected chi connectivity index (χ2v) is 3.83. The van der Waals surface area contributed by atoms with Gasteiger partial charge in [-0.2, -0.15) is 0 Å². The van der Waals surface area contributed by atoms with Gasteiger partial charge in [0.2, 0.25) is 5.91 Å². The maximum Gasteiger partial charge on any atom is 0.308 e. The summed E-state index contributed by atoms with van der Waals surface area (Å²) < 4.78 is 0. The number of hydrogen-bond donors (Lipinski definition) is 1. The van der Waals surface area contributed by atoms with E-state index in [1.165, 1.54) is 0 Å². The molecule has 0 saturated heterocycles. The van der Waals surface area contributed by atoms with Gasteiger partial charge in [0, 0.05) is 19.5 Å². The molecule has 1 atom stereocenters. The summed E-state index contributed by atoms with van der Waals surface area (Å²) in [6, 6.07) is 0. The van der Waals surface area contributed by atoms with Crippen molar-refractivity contribution in [3.8, 4) is 0 Å². The van der Waals surface area contributed by atoms with Crippen LogP contribution in [0.2, 0.25) is 0 Å². The largest absolute Gasteiger partial charge is 0.481 e. The fraction of sp³-hybridized carbons (Fsp3) is 0.818. The molecular formula is C11H21NO3. The van der Waals surface area contributed by atoms with Crippen LogP contribution >= 0.6 is 0 Å². The minimum atomic E-state index is -0.847. The Morgan fingerprint density at radius 1 is 1.27 bits per heavy atom. The molecule has 0 fully saturated rings. The van der Waals surface area contributed by atoms with E-state index in [0.717, 1.165) is 12.8 Å². The maximum atomic E-state index is 11.6. The second-order valence-electron chi connectivity index (χ2n) is 3.83. The number of carbonyl (C=O) groups is 2. The van der Waals surface area contributed by atoms with Gasteiger partial charge in [-0.05, 0) is 12.8 Å². The van der Waals surface area contributed by atoms with Crippen molar-refractivity contribution in [1.29, 1.82) is 0 Å². The summed E-state index contributed by atoms with van der Waals surface area (Å²) in [5.74, 6) is -1.27. The molecule has 0 spiro atoms. The number of carbonyl (C=O) groups excluding carboxylic acids is 1. The van der Waals surface area contributed by atoms with E-state index >= 15 is 0 Å². The van der Waals surface area contributed by atoms with E-state index in [9.17, 15) is 9.59 Å². The summed E-state index contributed by atoms with van der Waals surface area (Å²) in [6.07, 6.45) is 2.18. The van der Waals surface area contributed by atoms with Crippen LogP contribution in [0.15, 0.2) is 0 Å². The molecule has 88 valence electrons. The zero-order valence-corrected chi connectivity index (χ0v) is 9.82. The third-order valence-corrected chi connectivity index (χ3v) is 2.23. The number of aliphatic carboxylic acids is 1. The lowest BCUT2D eigenvalue weighted by Crippen LogP contribution is -2.37. The predicted molar refractivity (Wildman–Crippen MR) is 58.6 cm³/mol. The molecule has 0 rings (SSSR count). The smallest absolute Gasteiger partial charge is 0.308 e. The molecule has 0 saturated carbocycles. The van der Waals surface area contributed by atoms with Crippen LogP contribution in [0.4, 0.5) is 0 Å². The molecule has 0 radical (unpaired) electrons. The van der Waals surface area contributed by atoms with Gasteiger partial charge in [0.15, 0.2) is 0 Å². The van der Waals surface area contributed by atoms with Crippen molar-refractivity contribution in [3.63, 3.8) is 0 Å². The number of carboxylic acids is 1. The lowest BCUT2D eigenvalue weighted by Gasteiger charge is -2.23. The van der Waals surface area contributed by atoms with Gasteiger partial charge >= 0.3 is 5.97 Å². The van der Waals surface area contributed by atoms with Crippen LogP contribution in [-0.4, -0.2) is 35.0 Å². The van der Waals surface area contributed by atoms with Crippen LogP contribution in [0.1, 0.15) is 40.0 Å². The summed E-state index contributed by atoms with van der Waals surface area (Å²) >= 11 is 0.